The predicted octanol–water partition coefficient (Wildman–Crippen LogP) is 1.37. The summed E-state index contributed by atoms with van der Waals surface area (Å²) in [4.78, 5) is 6.52. The molecule has 2 rings (SSSR count). The van der Waals surface area contributed by atoms with Crippen molar-refractivity contribution in [1.29, 1.82) is 0 Å². The second-order valence-electron chi connectivity index (χ2n) is 4.35. The number of nitrogens with zero attached hydrogens (tertiary/aromatic N) is 4. The van der Waals surface area contributed by atoms with Gasteiger partial charge in [-0.1, -0.05) is 24.2 Å². The third-order valence-electron chi connectivity index (χ3n) is 3.10. The Morgan fingerprint density at radius 2 is 2.05 bits per heavy atom. The van der Waals surface area contributed by atoms with Gasteiger partial charge in [0.05, 0.1) is 12.2 Å². The fourth-order valence-corrected chi connectivity index (χ4v) is 1.84. The van der Waals surface area contributed by atoms with Crippen molar-refractivity contribution in [3.63, 3.8) is 0 Å². The molecule has 0 aliphatic carbocycles. The summed E-state index contributed by atoms with van der Waals surface area (Å²) in [7, 11) is 0. The monoisotopic (exact) mass is 265 g/mol. The summed E-state index contributed by atoms with van der Waals surface area (Å²) in [5, 5.41) is 7.61. The highest BCUT2D eigenvalue weighted by atomic mass is 16.5. The van der Waals surface area contributed by atoms with Gasteiger partial charge in [0.25, 0.3) is 5.89 Å². The fourth-order valence-electron chi connectivity index (χ4n) is 1.84. The van der Waals surface area contributed by atoms with Gasteiger partial charge < -0.3 is 19.7 Å². The van der Waals surface area contributed by atoms with Crippen LogP contribution in [-0.4, -0.2) is 39.8 Å². The molecule has 0 aliphatic heterocycles. The van der Waals surface area contributed by atoms with Crippen molar-refractivity contribution >= 4 is 0 Å². The lowest BCUT2D eigenvalue weighted by Crippen LogP contribution is -2.32. The van der Waals surface area contributed by atoms with Crippen LogP contribution in [0.2, 0.25) is 0 Å². The zero-order valence-corrected chi connectivity index (χ0v) is 11.5. The first kappa shape index (κ1) is 13.7. The van der Waals surface area contributed by atoms with Crippen LogP contribution in [0.15, 0.2) is 15.2 Å². The lowest BCUT2D eigenvalue weighted by atomic mass is 10.2. The van der Waals surface area contributed by atoms with E-state index in [-0.39, 0.29) is 6.04 Å². The van der Waals surface area contributed by atoms with E-state index in [1.165, 1.54) is 0 Å². The van der Waals surface area contributed by atoms with Crippen LogP contribution in [0.5, 0.6) is 0 Å². The maximum atomic E-state index is 6.09. The number of rotatable bonds is 6. The van der Waals surface area contributed by atoms with Crippen LogP contribution in [0.3, 0.4) is 0 Å². The number of likely N-dealkylation sites (N-methyl/N-ethyl adjacent to an activating group) is 1. The topological polar surface area (TPSA) is 94.2 Å². The lowest BCUT2D eigenvalue weighted by Gasteiger charge is -2.20. The van der Waals surface area contributed by atoms with Crippen LogP contribution >= 0.6 is 0 Å². The second kappa shape index (κ2) is 5.94. The summed E-state index contributed by atoms with van der Waals surface area (Å²) in [5.74, 6) is 1.54. The van der Waals surface area contributed by atoms with Crippen molar-refractivity contribution < 1.29 is 9.05 Å². The van der Waals surface area contributed by atoms with Crippen molar-refractivity contribution in [2.75, 3.05) is 19.6 Å². The Hall–Kier alpha value is -1.73. The molecule has 2 heterocycles. The minimum absolute atomic E-state index is 0.266. The molecule has 104 valence electrons. The standard InChI is InChI=1S/C12H19N5O2/c1-4-17(5-2)7-10(13)11-15-12(19-16-11)9-6-14-18-8(9)3/h6,10H,4-5,7,13H2,1-3H3. The highest BCUT2D eigenvalue weighted by Crippen LogP contribution is 2.22. The van der Waals surface area contributed by atoms with Crippen LogP contribution in [0.4, 0.5) is 0 Å². The lowest BCUT2D eigenvalue weighted by molar-refractivity contribution is 0.278. The van der Waals surface area contributed by atoms with E-state index in [0.717, 1.165) is 13.1 Å². The van der Waals surface area contributed by atoms with E-state index < -0.39 is 0 Å². The van der Waals surface area contributed by atoms with E-state index in [4.69, 9.17) is 14.8 Å². The number of hydrogen-bond donors (Lipinski definition) is 1. The van der Waals surface area contributed by atoms with Crippen LogP contribution in [-0.2, 0) is 0 Å². The zero-order chi connectivity index (χ0) is 13.8. The summed E-state index contributed by atoms with van der Waals surface area (Å²) in [6, 6.07) is -0.266. The van der Waals surface area contributed by atoms with Gasteiger partial charge in [0.1, 0.15) is 11.3 Å². The highest BCUT2D eigenvalue weighted by molar-refractivity contribution is 5.53. The highest BCUT2D eigenvalue weighted by Gasteiger charge is 2.19. The quantitative estimate of drug-likeness (QED) is 0.842. The van der Waals surface area contributed by atoms with E-state index >= 15 is 0 Å². The van der Waals surface area contributed by atoms with E-state index in [0.29, 0.717) is 29.6 Å². The van der Waals surface area contributed by atoms with Crippen LogP contribution in [0, 0.1) is 6.92 Å². The maximum Gasteiger partial charge on any atom is 0.263 e. The largest absolute Gasteiger partial charge is 0.361 e. The number of nitrogens with two attached hydrogens (primary N) is 1. The Balaban J connectivity index is 2.11. The molecule has 19 heavy (non-hydrogen) atoms. The summed E-state index contributed by atoms with van der Waals surface area (Å²) < 4.78 is 10.2. The minimum Gasteiger partial charge on any atom is -0.361 e. The van der Waals surface area contributed by atoms with Gasteiger partial charge in [-0.25, -0.2) is 0 Å². The van der Waals surface area contributed by atoms with Gasteiger partial charge in [-0.15, -0.1) is 0 Å². The molecular weight excluding hydrogens is 246 g/mol. The van der Waals surface area contributed by atoms with Gasteiger partial charge in [0, 0.05) is 6.54 Å². The first-order valence-electron chi connectivity index (χ1n) is 6.38. The summed E-state index contributed by atoms with van der Waals surface area (Å²) in [5.41, 5.74) is 6.79. The Morgan fingerprint density at radius 1 is 1.32 bits per heavy atom. The van der Waals surface area contributed by atoms with Gasteiger partial charge in [-0.2, -0.15) is 4.98 Å². The van der Waals surface area contributed by atoms with Crippen LogP contribution in [0.25, 0.3) is 11.5 Å². The van der Waals surface area contributed by atoms with Crippen molar-refractivity contribution in [2.45, 2.75) is 26.8 Å². The van der Waals surface area contributed by atoms with E-state index in [9.17, 15) is 0 Å². The smallest absolute Gasteiger partial charge is 0.263 e. The van der Waals surface area contributed by atoms with E-state index in [2.05, 4.69) is 34.0 Å². The van der Waals surface area contributed by atoms with Crippen molar-refractivity contribution in [1.82, 2.24) is 20.2 Å². The van der Waals surface area contributed by atoms with Crippen molar-refractivity contribution in [3.8, 4) is 11.5 Å². The molecule has 0 radical (unpaired) electrons. The average molecular weight is 265 g/mol. The zero-order valence-electron chi connectivity index (χ0n) is 11.5. The molecule has 7 heteroatoms. The molecule has 0 saturated carbocycles. The molecule has 0 saturated heterocycles. The summed E-state index contributed by atoms with van der Waals surface area (Å²) in [6.07, 6.45) is 1.56. The molecule has 0 aromatic carbocycles. The van der Waals surface area contributed by atoms with Crippen molar-refractivity contribution in [3.05, 3.63) is 17.8 Å². The van der Waals surface area contributed by atoms with Gasteiger partial charge in [-0.3, -0.25) is 0 Å². The molecular formula is C12H19N5O2. The molecule has 1 atom stereocenters. The Kier molecular flexibility index (Phi) is 4.28. The van der Waals surface area contributed by atoms with Gasteiger partial charge >= 0.3 is 0 Å². The normalized spacial score (nSPS) is 13.1. The molecule has 0 bridgehead atoms. The third kappa shape index (κ3) is 2.99. The average Bonchev–Trinajstić information content (AvgIpc) is 3.03. The van der Waals surface area contributed by atoms with Crippen LogP contribution < -0.4 is 5.73 Å². The number of aromatic nitrogens is 3. The molecule has 1 unspecified atom stereocenters. The predicted molar refractivity (Wildman–Crippen MR) is 69.2 cm³/mol. The van der Waals surface area contributed by atoms with Gasteiger partial charge in [0.2, 0.25) is 0 Å². The van der Waals surface area contributed by atoms with Crippen LogP contribution in [0.1, 0.15) is 31.5 Å². The molecule has 2 N–H and O–H groups in total. The first-order valence-corrected chi connectivity index (χ1v) is 6.38. The van der Waals surface area contributed by atoms with Gasteiger partial charge in [0.15, 0.2) is 5.82 Å². The molecule has 0 fully saturated rings. The fraction of sp³-hybridized carbons (Fsp3) is 0.583. The van der Waals surface area contributed by atoms with Gasteiger partial charge in [-0.05, 0) is 20.0 Å². The number of hydrogen-bond acceptors (Lipinski definition) is 7. The molecule has 2 aromatic rings. The summed E-state index contributed by atoms with van der Waals surface area (Å²) >= 11 is 0. The molecule has 0 aliphatic rings. The maximum absolute atomic E-state index is 6.09. The molecule has 2 aromatic heterocycles. The minimum atomic E-state index is -0.266. The molecule has 0 spiro atoms. The summed E-state index contributed by atoms with van der Waals surface area (Å²) in [6.45, 7) is 8.58. The number of aryl methyl sites for hydroxylation is 1. The van der Waals surface area contributed by atoms with Crippen molar-refractivity contribution in [2.24, 2.45) is 5.73 Å². The third-order valence-corrected chi connectivity index (χ3v) is 3.10. The SMILES string of the molecule is CCN(CC)CC(N)c1noc(-c2cnoc2C)n1. The van der Waals surface area contributed by atoms with E-state index in [1.54, 1.807) is 13.1 Å². The Bertz CT molecular complexity index is 518. The van der Waals surface area contributed by atoms with E-state index in [1.807, 2.05) is 0 Å². The molecule has 0 amide bonds. The second-order valence-corrected chi connectivity index (χ2v) is 4.35. The first-order chi connectivity index (χ1) is 9.15. The Morgan fingerprint density at radius 3 is 2.63 bits per heavy atom. The molecule has 7 nitrogen and oxygen atoms in total. The Labute approximate surface area is 111 Å².